The van der Waals surface area contributed by atoms with Crippen LogP contribution in [0.25, 0.3) is 0 Å². The van der Waals surface area contributed by atoms with Crippen LogP contribution >= 0.6 is 0 Å². The summed E-state index contributed by atoms with van der Waals surface area (Å²) in [5, 5.41) is 14.8. The zero-order valence-electron chi connectivity index (χ0n) is 15.7. The molecule has 0 heterocycles. The standard InChI is InChI=1S/C22H20N2O5/c1-28-19-9-11-20(12-10-19)29-14-21(26)23-16-7-5-15(6-8-16)22(27)24-17-3-2-4-18(25)13-17/h2-13,25H,14H2,1H3,(H,23,26)(H,24,27). The minimum Gasteiger partial charge on any atom is -0.508 e. The normalized spacial score (nSPS) is 10.1. The molecule has 0 radical (unpaired) electrons. The van der Waals surface area contributed by atoms with Crippen LogP contribution in [0.4, 0.5) is 11.4 Å². The Morgan fingerprint density at radius 2 is 1.55 bits per heavy atom. The van der Waals surface area contributed by atoms with Crippen molar-refractivity contribution in [1.82, 2.24) is 0 Å². The highest BCUT2D eigenvalue weighted by molar-refractivity contribution is 6.04. The lowest BCUT2D eigenvalue weighted by Gasteiger charge is -2.09. The second-order valence-electron chi connectivity index (χ2n) is 6.09. The number of benzene rings is 3. The number of phenolic OH excluding ortho intramolecular Hbond substituents is 1. The first-order valence-corrected chi connectivity index (χ1v) is 8.80. The first kappa shape index (κ1) is 19.8. The van der Waals surface area contributed by atoms with Gasteiger partial charge in [0, 0.05) is 23.0 Å². The van der Waals surface area contributed by atoms with Crippen molar-refractivity contribution in [3.8, 4) is 17.2 Å². The molecule has 2 amide bonds. The SMILES string of the molecule is COc1ccc(OCC(=O)Nc2ccc(C(=O)Nc3cccc(O)c3)cc2)cc1. The lowest BCUT2D eigenvalue weighted by Crippen LogP contribution is -2.20. The molecule has 0 bridgehead atoms. The summed E-state index contributed by atoms with van der Waals surface area (Å²) in [7, 11) is 1.57. The van der Waals surface area contributed by atoms with Gasteiger partial charge in [-0.2, -0.15) is 0 Å². The third kappa shape index (κ3) is 5.74. The van der Waals surface area contributed by atoms with Gasteiger partial charge in [0.25, 0.3) is 11.8 Å². The molecule has 0 unspecified atom stereocenters. The summed E-state index contributed by atoms with van der Waals surface area (Å²) in [5.74, 6) is 0.682. The van der Waals surface area contributed by atoms with Crippen molar-refractivity contribution < 1.29 is 24.2 Å². The third-order valence-corrected chi connectivity index (χ3v) is 3.96. The number of hydrogen-bond acceptors (Lipinski definition) is 5. The highest BCUT2D eigenvalue weighted by Gasteiger charge is 2.08. The van der Waals surface area contributed by atoms with Crippen LogP contribution in [0, 0.1) is 0 Å². The van der Waals surface area contributed by atoms with Crippen LogP contribution in [0.3, 0.4) is 0 Å². The van der Waals surface area contributed by atoms with Crippen molar-refractivity contribution in [1.29, 1.82) is 0 Å². The van der Waals surface area contributed by atoms with Crippen LogP contribution in [0.15, 0.2) is 72.8 Å². The minimum absolute atomic E-state index is 0.0673. The smallest absolute Gasteiger partial charge is 0.262 e. The second kappa shape index (κ2) is 9.27. The molecule has 0 spiro atoms. The van der Waals surface area contributed by atoms with Crippen LogP contribution in [0.1, 0.15) is 10.4 Å². The Labute approximate surface area is 167 Å². The summed E-state index contributed by atoms with van der Waals surface area (Å²) < 4.78 is 10.5. The number of rotatable bonds is 7. The molecular formula is C22H20N2O5. The van der Waals surface area contributed by atoms with Gasteiger partial charge < -0.3 is 25.2 Å². The van der Waals surface area contributed by atoms with Gasteiger partial charge in [-0.05, 0) is 60.7 Å². The molecule has 7 nitrogen and oxygen atoms in total. The van der Waals surface area contributed by atoms with Crippen molar-refractivity contribution in [2.45, 2.75) is 0 Å². The van der Waals surface area contributed by atoms with Crippen LogP contribution < -0.4 is 20.1 Å². The number of aromatic hydroxyl groups is 1. The van der Waals surface area contributed by atoms with E-state index >= 15 is 0 Å². The van der Waals surface area contributed by atoms with E-state index in [2.05, 4.69) is 10.6 Å². The van der Waals surface area contributed by atoms with Crippen LogP contribution in [-0.4, -0.2) is 30.6 Å². The fraction of sp³-hybridized carbons (Fsp3) is 0.0909. The highest BCUT2D eigenvalue weighted by atomic mass is 16.5. The average molecular weight is 392 g/mol. The van der Waals surface area contributed by atoms with Crippen LogP contribution in [-0.2, 0) is 4.79 Å². The Kier molecular flexibility index (Phi) is 6.32. The summed E-state index contributed by atoms with van der Waals surface area (Å²) in [5.41, 5.74) is 1.45. The Balaban J connectivity index is 1.51. The van der Waals surface area contributed by atoms with E-state index in [1.54, 1.807) is 67.8 Å². The van der Waals surface area contributed by atoms with Gasteiger partial charge in [-0.3, -0.25) is 9.59 Å². The molecule has 0 atom stereocenters. The summed E-state index contributed by atoms with van der Waals surface area (Å²) in [6, 6.07) is 19.6. The van der Waals surface area contributed by atoms with E-state index in [0.717, 1.165) is 0 Å². The molecule has 0 aliphatic rings. The number of phenols is 1. The molecule has 3 aromatic rings. The number of hydrogen-bond donors (Lipinski definition) is 3. The van der Waals surface area contributed by atoms with Crippen LogP contribution in [0.2, 0.25) is 0 Å². The first-order valence-electron chi connectivity index (χ1n) is 8.80. The van der Waals surface area contributed by atoms with Gasteiger partial charge >= 0.3 is 0 Å². The van der Waals surface area contributed by atoms with Gasteiger partial charge in [0.05, 0.1) is 7.11 Å². The maximum Gasteiger partial charge on any atom is 0.262 e. The fourth-order valence-corrected chi connectivity index (χ4v) is 2.51. The molecule has 3 rings (SSSR count). The number of ether oxygens (including phenoxy) is 2. The van der Waals surface area contributed by atoms with Crippen LogP contribution in [0.5, 0.6) is 17.2 Å². The molecular weight excluding hydrogens is 372 g/mol. The monoisotopic (exact) mass is 392 g/mol. The quantitative estimate of drug-likeness (QED) is 0.570. The lowest BCUT2D eigenvalue weighted by atomic mass is 10.2. The number of carbonyl (C=O) groups excluding carboxylic acids is 2. The maximum absolute atomic E-state index is 12.3. The molecule has 3 aromatic carbocycles. The van der Waals surface area contributed by atoms with Crippen molar-refractivity contribution >= 4 is 23.2 Å². The Morgan fingerprint density at radius 1 is 0.862 bits per heavy atom. The van der Waals surface area contributed by atoms with E-state index in [1.165, 1.54) is 12.1 Å². The predicted molar refractivity (Wildman–Crippen MR) is 110 cm³/mol. The lowest BCUT2D eigenvalue weighted by molar-refractivity contribution is -0.118. The van der Waals surface area contributed by atoms with Gasteiger partial charge in [0.15, 0.2) is 6.61 Å². The Bertz CT molecular complexity index is 985. The van der Waals surface area contributed by atoms with Gasteiger partial charge in [-0.1, -0.05) is 6.07 Å². The number of methoxy groups -OCH3 is 1. The summed E-state index contributed by atoms with van der Waals surface area (Å²) >= 11 is 0. The van der Waals surface area contributed by atoms with E-state index in [-0.39, 0.29) is 24.2 Å². The van der Waals surface area contributed by atoms with Gasteiger partial charge in [0.1, 0.15) is 17.2 Å². The van der Waals surface area contributed by atoms with Crippen molar-refractivity contribution in [2.24, 2.45) is 0 Å². The molecule has 148 valence electrons. The molecule has 3 N–H and O–H groups in total. The van der Waals surface area contributed by atoms with Crippen molar-refractivity contribution in [3.63, 3.8) is 0 Å². The molecule has 0 saturated heterocycles. The molecule has 0 aromatic heterocycles. The number of amides is 2. The largest absolute Gasteiger partial charge is 0.508 e. The minimum atomic E-state index is -0.323. The fourth-order valence-electron chi connectivity index (χ4n) is 2.51. The van der Waals surface area contributed by atoms with Crippen molar-refractivity contribution in [2.75, 3.05) is 24.4 Å². The Hall–Kier alpha value is -4.00. The third-order valence-electron chi connectivity index (χ3n) is 3.96. The van der Waals surface area contributed by atoms with E-state index in [4.69, 9.17) is 9.47 Å². The first-order chi connectivity index (χ1) is 14.0. The molecule has 7 heteroatoms. The predicted octanol–water partition coefficient (Wildman–Crippen LogP) is 3.67. The van der Waals surface area contributed by atoms with E-state index in [9.17, 15) is 14.7 Å². The number of nitrogens with one attached hydrogen (secondary N) is 2. The summed E-state index contributed by atoms with van der Waals surface area (Å²) in [6.45, 7) is -0.147. The molecule has 0 saturated carbocycles. The average Bonchev–Trinajstić information content (AvgIpc) is 2.73. The van der Waals surface area contributed by atoms with Gasteiger partial charge in [0.2, 0.25) is 0 Å². The molecule has 0 aliphatic carbocycles. The van der Waals surface area contributed by atoms with E-state index < -0.39 is 0 Å². The molecule has 0 aliphatic heterocycles. The number of anilines is 2. The maximum atomic E-state index is 12.3. The summed E-state index contributed by atoms with van der Waals surface area (Å²) in [6.07, 6.45) is 0. The Morgan fingerprint density at radius 3 is 2.21 bits per heavy atom. The molecule has 0 fully saturated rings. The zero-order valence-corrected chi connectivity index (χ0v) is 15.7. The highest BCUT2D eigenvalue weighted by Crippen LogP contribution is 2.18. The zero-order chi connectivity index (χ0) is 20.6. The van der Waals surface area contributed by atoms with E-state index in [0.29, 0.717) is 28.4 Å². The second-order valence-corrected chi connectivity index (χ2v) is 6.09. The van der Waals surface area contributed by atoms with Crippen molar-refractivity contribution in [3.05, 3.63) is 78.4 Å². The number of carbonyl (C=O) groups is 2. The van der Waals surface area contributed by atoms with Gasteiger partial charge in [-0.25, -0.2) is 0 Å². The topological polar surface area (TPSA) is 96.9 Å². The van der Waals surface area contributed by atoms with Gasteiger partial charge in [-0.15, -0.1) is 0 Å². The summed E-state index contributed by atoms with van der Waals surface area (Å²) in [4.78, 5) is 24.3. The van der Waals surface area contributed by atoms with E-state index in [1.807, 2.05) is 0 Å². The molecule has 29 heavy (non-hydrogen) atoms.